The summed E-state index contributed by atoms with van der Waals surface area (Å²) in [4.78, 5) is 1.56. The molecule has 1 atom stereocenters. The van der Waals surface area contributed by atoms with Crippen molar-refractivity contribution in [1.82, 2.24) is 15.0 Å². The van der Waals surface area contributed by atoms with Crippen molar-refractivity contribution >= 4 is 0 Å². The Kier molecular flexibility index (Phi) is 2.47. The van der Waals surface area contributed by atoms with Crippen molar-refractivity contribution < 1.29 is 0 Å². The molecule has 0 saturated heterocycles. The fourth-order valence-electron chi connectivity index (χ4n) is 1.01. The molecule has 4 heteroatoms. The second-order valence-corrected chi connectivity index (χ2v) is 3.51. The van der Waals surface area contributed by atoms with E-state index < -0.39 is 0 Å². The second-order valence-electron chi connectivity index (χ2n) is 3.51. The molecule has 12 heavy (non-hydrogen) atoms. The molecule has 0 fully saturated rings. The van der Waals surface area contributed by atoms with Gasteiger partial charge in [0.1, 0.15) is 0 Å². The largest absolute Gasteiger partial charge is 0.325 e. The van der Waals surface area contributed by atoms with Crippen LogP contribution >= 0.6 is 0 Å². The summed E-state index contributed by atoms with van der Waals surface area (Å²) in [6, 6.07) is 0. The normalized spacial score (nSPS) is 16.0. The van der Waals surface area contributed by atoms with Gasteiger partial charge in [-0.3, -0.25) is 0 Å². The Morgan fingerprint density at radius 1 is 1.67 bits per heavy atom. The van der Waals surface area contributed by atoms with Crippen LogP contribution in [0.25, 0.3) is 0 Å². The number of rotatable bonds is 3. The lowest BCUT2D eigenvalue weighted by Crippen LogP contribution is -2.37. The Balaban J connectivity index is 2.63. The highest BCUT2D eigenvalue weighted by Gasteiger charge is 2.17. The Morgan fingerprint density at radius 2 is 2.33 bits per heavy atom. The smallest absolute Gasteiger partial charge is 0.0845 e. The average Bonchev–Trinajstić information content (AvgIpc) is 2.35. The van der Waals surface area contributed by atoms with E-state index in [1.807, 2.05) is 14.0 Å². The first-order valence-electron chi connectivity index (χ1n) is 4.17. The molecule has 0 amide bonds. The summed E-state index contributed by atoms with van der Waals surface area (Å²) in [5.41, 5.74) is 6.79. The molecule has 0 radical (unpaired) electrons. The molecule has 0 aliphatic heterocycles. The Morgan fingerprint density at radius 3 is 2.75 bits per heavy atom. The molecule has 1 rings (SSSR count). The van der Waals surface area contributed by atoms with Crippen molar-refractivity contribution in [3.05, 3.63) is 11.9 Å². The van der Waals surface area contributed by atoms with Gasteiger partial charge in [-0.2, -0.15) is 15.0 Å². The van der Waals surface area contributed by atoms with Crippen LogP contribution in [-0.2, 0) is 13.5 Å². The number of aromatic nitrogens is 3. The van der Waals surface area contributed by atoms with Crippen LogP contribution in [0.1, 0.15) is 26.0 Å². The molecular formula is C8H16N4. The molecule has 2 N–H and O–H groups in total. The zero-order valence-electron chi connectivity index (χ0n) is 7.91. The molecule has 0 aromatic carbocycles. The van der Waals surface area contributed by atoms with Gasteiger partial charge >= 0.3 is 0 Å². The summed E-state index contributed by atoms with van der Waals surface area (Å²) in [5, 5.41) is 8.15. The van der Waals surface area contributed by atoms with Crippen molar-refractivity contribution in [3.8, 4) is 0 Å². The van der Waals surface area contributed by atoms with Gasteiger partial charge in [0, 0.05) is 19.0 Å². The maximum atomic E-state index is 5.98. The number of hydrogen-bond donors (Lipinski definition) is 1. The molecular weight excluding hydrogens is 152 g/mol. The third-order valence-electron chi connectivity index (χ3n) is 2.04. The molecule has 0 bridgehead atoms. The van der Waals surface area contributed by atoms with E-state index in [0.717, 1.165) is 18.5 Å². The number of nitrogens with two attached hydrogens (primary N) is 1. The summed E-state index contributed by atoms with van der Waals surface area (Å²) in [6.07, 6.45) is 3.50. The third-order valence-corrected chi connectivity index (χ3v) is 2.04. The van der Waals surface area contributed by atoms with E-state index in [1.54, 1.807) is 11.0 Å². The summed E-state index contributed by atoms with van der Waals surface area (Å²) < 4.78 is 0. The molecule has 68 valence electrons. The van der Waals surface area contributed by atoms with E-state index in [9.17, 15) is 0 Å². The zero-order chi connectivity index (χ0) is 9.19. The van der Waals surface area contributed by atoms with E-state index in [0.29, 0.717) is 0 Å². The van der Waals surface area contributed by atoms with Gasteiger partial charge in [0.15, 0.2) is 0 Å². The number of hydrogen-bond acceptors (Lipinski definition) is 3. The van der Waals surface area contributed by atoms with Crippen LogP contribution < -0.4 is 5.73 Å². The molecule has 4 nitrogen and oxygen atoms in total. The van der Waals surface area contributed by atoms with Gasteiger partial charge in [0.2, 0.25) is 0 Å². The van der Waals surface area contributed by atoms with Crippen LogP contribution in [0.15, 0.2) is 6.20 Å². The lowest BCUT2D eigenvalue weighted by molar-refractivity contribution is 0.442. The summed E-state index contributed by atoms with van der Waals surface area (Å²) >= 11 is 0. The first-order chi connectivity index (χ1) is 5.53. The summed E-state index contributed by atoms with van der Waals surface area (Å²) in [5.74, 6) is 0. The quantitative estimate of drug-likeness (QED) is 0.714. The summed E-state index contributed by atoms with van der Waals surface area (Å²) in [6.45, 7) is 4.11. The topological polar surface area (TPSA) is 56.7 Å². The van der Waals surface area contributed by atoms with Crippen LogP contribution in [0.4, 0.5) is 0 Å². The van der Waals surface area contributed by atoms with E-state index >= 15 is 0 Å². The summed E-state index contributed by atoms with van der Waals surface area (Å²) in [7, 11) is 1.81. The van der Waals surface area contributed by atoms with Crippen molar-refractivity contribution in [2.24, 2.45) is 12.8 Å². The highest BCUT2D eigenvalue weighted by Crippen LogP contribution is 2.10. The van der Waals surface area contributed by atoms with Gasteiger partial charge in [0.25, 0.3) is 0 Å². The maximum absolute atomic E-state index is 5.98. The van der Waals surface area contributed by atoms with Crippen LogP contribution in [0.5, 0.6) is 0 Å². The molecule has 1 unspecified atom stereocenters. The van der Waals surface area contributed by atoms with Crippen LogP contribution in [0.2, 0.25) is 0 Å². The van der Waals surface area contributed by atoms with Gasteiger partial charge in [-0.25, -0.2) is 0 Å². The minimum absolute atomic E-state index is 0.157. The SMILES string of the molecule is CCC(C)(N)Cc1cnn(C)n1. The molecule has 0 aliphatic carbocycles. The van der Waals surface area contributed by atoms with Crippen molar-refractivity contribution in [1.29, 1.82) is 0 Å². The van der Waals surface area contributed by atoms with E-state index in [1.165, 1.54) is 0 Å². The van der Waals surface area contributed by atoms with Crippen LogP contribution in [-0.4, -0.2) is 20.5 Å². The first kappa shape index (κ1) is 9.19. The molecule has 1 aromatic heterocycles. The Bertz CT molecular complexity index is 251. The first-order valence-corrected chi connectivity index (χ1v) is 4.17. The van der Waals surface area contributed by atoms with Crippen molar-refractivity contribution in [2.45, 2.75) is 32.2 Å². The minimum Gasteiger partial charge on any atom is -0.325 e. The molecule has 0 aliphatic rings. The van der Waals surface area contributed by atoms with Crippen LogP contribution in [0.3, 0.4) is 0 Å². The maximum Gasteiger partial charge on any atom is 0.0845 e. The Labute approximate surface area is 72.8 Å². The Hall–Kier alpha value is -0.900. The van der Waals surface area contributed by atoms with E-state index in [2.05, 4.69) is 17.1 Å². The highest BCUT2D eigenvalue weighted by molar-refractivity contribution is 4.98. The predicted octanol–water partition coefficient (Wildman–Crippen LogP) is 0.485. The highest BCUT2D eigenvalue weighted by atomic mass is 15.4. The van der Waals surface area contributed by atoms with Gasteiger partial charge < -0.3 is 5.73 Å². The third kappa shape index (κ3) is 2.30. The van der Waals surface area contributed by atoms with E-state index in [4.69, 9.17) is 5.73 Å². The average molecular weight is 168 g/mol. The van der Waals surface area contributed by atoms with Gasteiger partial charge in [-0.15, -0.1) is 0 Å². The van der Waals surface area contributed by atoms with E-state index in [-0.39, 0.29) is 5.54 Å². The lowest BCUT2D eigenvalue weighted by atomic mass is 9.95. The van der Waals surface area contributed by atoms with Gasteiger partial charge in [-0.1, -0.05) is 6.92 Å². The van der Waals surface area contributed by atoms with Crippen molar-refractivity contribution in [2.75, 3.05) is 0 Å². The monoisotopic (exact) mass is 168 g/mol. The fraction of sp³-hybridized carbons (Fsp3) is 0.750. The van der Waals surface area contributed by atoms with Crippen LogP contribution in [0, 0.1) is 0 Å². The molecule has 1 aromatic rings. The number of nitrogens with zero attached hydrogens (tertiary/aromatic N) is 3. The fourth-order valence-corrected chi connectivity index (χ4v) is 1.01. The zero-order valence-corrected chi connectivity index (χ0v) is 7.91. The molecule has 1 heterocycles. The van der Waals surface area contributed by atoms with Crippen molar-refractivity contribution in [3.63, 3.8) is 0 Å². The van der Waals surface area contributed by atoms with Gasteiger partial charge in [0.05, 0.1) is 11.9 Å². The van der Waals surface area contributed by atoms with Gasteiger partial charge in [-0.05, 0) is 13.3 Å². The lowest BCUT2D eigenvalue weighted by Gasteiger charge is -2.20. The second kappa shape index (κ2) is 3.23. The standard InChI is InChI=1S/C8H16N4/c1-4-8(2,9)5-7-6-10-12(3)11-7/h6H,4-5,9H2,1-3H3. The predicted molar refractivity (Wildman–Crippen MR) is 47.6 cm³/mol. The number of aryl methyl sites for hydroxylation is 1. The molecule has 0 saturated carbocycles. The molecule has 0 spiro atoms. The minimum atomic E-state index is -0.157.